The van der Waals surface area contributed by atoms with Gasteiger partial charge in [0.05, 0.1) is 24.4 Å². The first-order valence-corrected chi connectivity index (χ1v) is 10.7. The van der Waals surface area contributed by atoms with E-state index in [0.29, 0.717) is 17.2 Å². The fraction of sp³-hybridized carbons (Fsp3) is 0.375. The maximum Gasteiger partial charge on any atom is 0.398 e. The van der Waals surface area contributed by atoms with Crippen molar-refractivity contribution in [2.24, 2.45) is 4.99 Å². The molecular weight excluding hydrogens is 430 g/mol. The highest BCUT2D eigenvalue weighted by Gasteiger charge is 2.40. The molecule has 0 saturated carbocycles. The molecule has 1 aromatic heterocycles. The lowest BCUT2D eigenvalue weighted by Gasteiger charge is -2.30. The summed E-state index contributed by atoms with van der Waals surface area (Å²) in [5.41, 5.74) is 6.29. The van der Waals surface area contributed by atoms with Crippen LogP contribution >= 0.6 is 0 Å². The van der Waals surface area contributed by atoms with Gasteiger partial charge in [0.25, 0.3) is 0 Å². The van der Waals surface area contributed by atoms with Gasteiger partial charge in [-0.2, -0.15) is 8.78 Å². The van der Waals surface area contributed by atoms with E-state index in [1.54, 1.807) is 45.2 Å². The van der Waals surface area contributed by atoms with Crippen molar-refractivity contribution in [3.8, 4) is 5.75 Å². The number of halogens is 2. The van der Waals surface area contributed by atoms with Crippen molar-refractivity contribution in [3.05, 3.63) is 59.9 Å². The van der Waals surface area contributed by atoms with E-state index in [1.165, 1.54) is 11.1 Å². The number of benzene rings is 1. The van der Waals surface area contributed by atoms with E-state index in [4.69, 9.17) is 9.47 Å². The maximum atomic E-state index is 13.8. The van der Waals surface area contributed by atoms with Crippen LogP contribution in [0.1, 0.15) is 49.9 Å². The quantitative estimate of drug-likeness (QED) is 0.274. The predicted molar refractivity (Wildman–Crippen MR) is 122 cm³/mol. The average molecular weight is 459 g/mol. The molecule has 0 spiro atoms. The minimum absolute atomic E-state index is 0.113. The zero-order valence-corrected chi connectivity index (χ0v) is 19.2. The molecule has 1 aliphatic heterocycles. The molecule has 2 aromatic rings. The Morgan fingerprint density at radius 3 is 2.85 bits per heavy atom. The molecule has 2 heterocycles. The van der Waals surface area contributed by atoms with E-state index in [0.717, 1.165) is 16.8 Å². The molecule has 1 N–H and O–H groups in total. The largest absolute Gasteiger partial charge is 0.465 e. The Morgan fingerprint density at radius 2 is 2.15 bits per heavy atom. The van der Waals surface area contributed by atoms with Gasteiger partial charge in [-0.25, -0.2) is 4.99 Å². The van der Waals surface area contributed by atoms with Crippen LogP contribution < -0.4 is 10.2 Å². The molecule has 0 saturated heterocycles. The molecule has 0 fully saturated rings. The SMILES string of the molecule is C=C(c1ccnc(C)c1)N(CC(=O)OCC)NC(C)=Nc1ccc2c(c1)OC(F)(F)CC2C. The van der Waals surface area contributed by atoms with Crippen LogP contribution in [0, 0.1) is 6.92 Å². The lowest BCUT2D eigenvalue weighted by Crippen LogP contribution is -2.43. The number of nitrogens with one attached hydrogen (secondary N) is 1. The van der Waals surface area contributed by atoms with Crippen LogP contribution in [0.15, 0.2) is 48.1 Å². The second-order valence-electron chi connectivity index (χ2n) is 7.90. The summed E-state index contributed by atoms with van der Waals surface area (Å²) in [4.78, 5) is 20.8. The van der Waals surface area contributed by atoms with Gasteiger partial charge in [0, 0.05) is 23.5 Å². The smallest absolute Gasteiger partial charge is 0.398 e. The summed E-state index contributed by atoms with van der Waals surface area (Å²) in [5.74, 6) is -0.231. The lowest BCUT2D eigenvalue weighted by atomic mass is 9.94. The number of rotatable bonds is 7. The van der Waals surface area contributed by atoms with Crippen molar-refractivity contribution in [2.75, 3.05) is 13.2 Å². The monoisotopic (exact) mass is 458 g/mol. The minimum Gasteiger partial charge on any atom is -0.465 e. The second kappa shape index (κ2) is 9.97. The Morgan fingerprint density at radius 1 is 1.39 bits per heavy atom. The van der Waals surface area contributed by atoms with Crippen LogP contribution in [0.5, 0.6) is 5.75 Å². The summed E-state index contributed by atoms with van der Waals surface area (Å²) in [6, 6.07) is 8.60. The molecule has 1 aliphatic rings. The molecule has 3 rings (SSSR count). The summed E-state index contributed by atoms with van der Waals surface area (Å²) in [5, 5.41) is 1.52. The highest BCUT2D eigenvalue weighted by molar-refractivity contribution is 5.84. The first kappa shape index (κ1) is 24.2. The molecular formula is C24H28F2N4O3. The third kappa shape index (κ3) is 6.27. The second-order valence-corrected chi connectivity index (χ2v) is 7.90. The molecule has 0 amide bonds. The van der Waals surface area contributed by atoms with Gasteiger partial charge in [0.15, 0.2) is 0 Å². The molecule has 7 nitrogen and oxygen atoms in total. The predicted octanol–water partition coefficient (Wildman–Crippen LogP) is 4.96. The van der Waals surface area contributed by atoms with Gasteiger partial charge in [-0.1, -0.05) is 19.6 Å². The van der Waals surface area contributed by atoms with Crippen LogP contribution in [0.3, 0.4) is 0 Å². The Bertz CT molecular complexity index is 1070. The molecule has 33 heavy (non-hydrogen) atoms. The molecule has 0 radical (unpaired) electrons. The average Bonchev–Trinajstić information content (AvgIpc) is 2.71. The molecule has 176 valence electrons. The Hall–Kier alpha value is -3.49. The highest BCUT2D eigenvalue weighted by atomic mass is 19.3. The zero-order chi connectivity index (χ0) is 24.2. The Kier molecular flexibility index (Phi) is 7.30. The Balaban J connectivity index is 1.83. The molecule has 1 aromatic carbocycles. The number of esters is 1. The van der Waals surface area contributed by atoms with Crippen LogP contribution in [0.4, 0.5) is 14.5 Å². The van der Waals surface area contributed by atoms with Crippen LogP contribution in [-0.2, 0) is 9.53 Å². The van der Waals surface area contributed by atoms with Crippen molar-refractivity contribution in [1.82, 2.24) is 15.4 Å². The third-order valence-corrected chi connectivity index (χ3v) is 5.07. The van der Waals surface area contributed by atoms with E-state index in [-0.39, 0.29) is 31.2 Å². The van der Waals surface area contributed by atoms with E-state index < -0.39 is 12.1 Å². The maximum absolute atomic E-state index is 13.8. The number of nitrogens with zero attached hydrogens (tertiary/aromatic N) is 3. The number of aliphatic imine (C=N–C) groups is 1. The van der Waals surface area contributed by atoms with Gasteiger partial charge in [-0.05, 0) is 50.5 Å². The highest BCUT2D eigenvalue weighted by Crippen LogP contribution is 2.43. The molecule has 9 heteroatoms. The van der Waals surface area contributed by atoms with Gasteiger partial charge in [-0.15, -0.1) is 0 Å². The number of hydrazine groups is 1. The summed E-state index contributed by atoms with van der Waals surface area (Å²) in [6.45, 7) is 11.2. The first-order valence-electron chi connectivity index (χ1n) is 10.7. The van der Waals surface area contributed by atoms with Crippen molar-refractivity contribution in [3.63, 3.8) is 0 Å². The zero-order valence-electron chi connectivity index (χ0n) is 19.2. The number of hydrogen-bond acceptors (Lipinski definition) is 6. The van der Waals surface area contributed by atoms with Gasteiger partial charge >= 0.3 is 12.1 Å². The van der Waals surface area contributed by atoms with E-state index in [1.807, 2.05) is 13.0 Å². The number of pyridine rings is 1. The van der Waals surface area contributed by atoms with E-state index in [9.17, 15) is 13.6 Å². The summed E-state index contributed by atoms with van der Waals surface area (Å²) < 4.78 is 37.6. The number of carbonyl (C=O) groups excluding carboxylic acids is 1. The van der Waals surface area contributed by atoms with E-state index >= 15 is 0 Å². The van der Waals surface area contributed by atoms with Crippen molar-refractivity contribution in [2.45, 2.75) is 46.1 Å². The summed E-state index contributed by atoms with van der Waals surface area (Å²) in [6.07, 6.45) is -1.91. The number of alkyl halides is 2. The topological polar surface area (TPSA) is 76.1 Å². The number of amidine groups is 1. The first-order chi connectivity index (χ1) is 15.6. The molecule has 1 unspecified atom stereocenters. The summed E-state index contributed by atoms with van der Waals surface area (Å²) >= 11 is 0. The normalized spacial score (nSPS) is 16.9. The van der Waals surface area contributed by atoms with Crippen molar-refractivity contribution >= 4 is 23.2 Å². The van der Waals surface area contributed by atoms with Gasteiger partial charge in [0.1, 0.15) is 18.1 Å². The number of hydrogen-bond donors (Lipinski definition) is 1. The minimum atomic E-state index is -3.21. The van der Waals surface area contributed by atoms with Gasteiger partial charge in [-0.3, -0.25) is 20.2 Å². The number of fused-ring (bicyclic) bond motifs is 1. The molecule has 0 bridgehead atoms. The standard InChI is InChI=1S/C24H28F2N4O3/c1-6-32-23(31)14-30(17(4)19-9-10-27-16(3)11-19)29-18(5)28-20-7-8-21-15(2)13-24(25,26)33-22(21)12-20/h7-12,15H,4,6,13-14H2,1-3,5H3,(H,28,29). The van der Waals surface area contributed by atoms with E-state index in [2.05, 4.69) is 22.0 Å². The number of ether oxygens (including phenoxy) is 2. The molecule has 1 atom stereocenters. The van der Waals surface area contributed by atoms with Crippen LogP contribution in [0.2, 0.25) is 0 Å². The van der Waals surface area contributed by atoms with Gasteiger partial charge < -0.3 is 9.47 Å². The number of aromatic nitrogens is 1. The van der Waals surface area contributed by atoms with Crippen LogP contribution in [0.25, 0.3) is 5.70 Å². The summed E-state index contributed by atoms with van der Waals surface area (Å²) in [7, 11) is 0. The van der Waals surface area contributed by atoms with Gasteiger partial charge in [0.2, 0.25) is 0 Å². The number of carbonyl (C=O) groups is 1. The number of aryl methyl sites for hydroxylation is 1. The van der Waals surface area contributed by atoms with Crippen LogP contribution in [-0.4, -0.2) is 41.1 Å². The molecule has 0 aliphatic carbocycles. The fourth-order valence-electron chi connectivity index (χ4n) is 3.59. The lowest BCUT2D eigenvalue weighted by molar-refractivity contribution is -0.191. The Labute approximate surface area is 192 Å². The van der Waals surface area contributed by atoms with Crippen molar-refractivity contribution < 1.29 is 23.0 Å². The fourth-order valence-corrected chi connectivity index (χ4v) is 3.59. The third-order valence-electron chi connectivity index (χ3n) is 5.07. The van der Waals surface area contributed by atoms with Crippen molar-refractivity contribution in [1.29, 1.82) is 0 Å².